The summed E-state index contributed by atoms with van der Waals surface area (Å²) in [5, 5.41) is 12.8. The Labute approximate surface area is 233 Å². The van der Waals surface area contributed by atoms with E-state index in [0.717, 1.165) is 91.2 Å². The minimum Gasteiger partial charge on any atom is -0.406 e. The standard InChI is InChI=1S/C20H31N5.C7H6F3NO3S/c1-15-8-10-16(11-9-15)14-23-20-24-18-7-3-2-6-17(18)19(25-20)22-13-5-4-12-21;8-7(9,10)14-5-1-3-6(4-2-5)15(11,12)13/h2-3,6-7,15-16H,4-5,8-14,21H2,1H3,(H2,22,23,24,25);1-4H,(H2,11,12,13). The van der Waals surface area contributed by atoms with E-state index in [-0.39, 0.29) is 4.90 Å². The molecule has 40 heavy (non-hydrogen) atoms. The van der Waals surface area contributed by atoms with E-state index in [1.807, 2.05) is 12.1 Å². The number of ether oxygens (including phenoxy) is 1. The zero-order valence-corrected chi connectivity index (χ0v) is 23.3. The van der Waals surface area contributed by atoms with Crippen LogP contribution in [0.3, 0.4) is 0 Å². The Balaban J connectivity index is 0.000000252. The van der Waals surface area contributed by atoms with Gasteiger partial charge in [-0.2, -0.15) is 4.98 Å². The van der Waals surface area contributed by atoms with Gasteiger partial charge in [-0.1, -0.05) is 31.9 Å². The molecule has 1 saturated carbocycles. The molecule has 1 aliphatic rings. The third kappa shape index (κ3) is 10.4. The maximum absolute atomic E-state index is 11.7. The van der Waals surface area contributed by atoms with E-state index >= 15 is 0 Å². The largest absolute Gasteiger partial charge is 0.573 e. The summed E-state index contributed by atoms with van der Waals surface area (Å²) in [6, 6.07) is 11.8. The van der Waals surface area contributed by atoms with E-state index in [4.69, 9.17) is 20.8 Å². The number of aromatic nitrogens is 2. The maximum atomic E-state index is 11.7. The van der Waals surface area contributed by atoms with Crippen molar-refractivity contribution in [3.63, 3.8) is 0 Å². The second-order valence-electron chi connectivity index (χ2n) is 9.91. The Kier molecular flexibility index (Phi) is 11.3. The highest BCUT2D eigenvalue weighted by Gasteiger charge is 2.31. The van der Waals surface area contributed by atoms with Crippen LogP contribution >= 0.6 is 0 Å². The molecule has 0 bridgehead atoms. The quantitative estimate of drug-likeness (QED) is 0.237. The highest BCUT2D eigenvalue weighted by molar-refractivity contribution is 7.89. The molecule has 9 nitrogen and oxygen atoms in total. The number of unbranched alkanes of at least 4 members (excludes halogenated alkanes) is 1. The van der Waals surface area contributed by atoms with Crippen LogP contribution in [0.25, 0.3) is 10.9 Å². The average Bonchev–Trinajstić information content (AvgIpc) is 2.90. The summed E-state index contributed by atoms with van der Waals surface area (Å²) in [6.07, 6.45) is 2.60. The minimum absolute atomic E-state index is 0.281. The van der Waals surface area contributed by atoms with Gasteiger partial charge in [0.25, 0.3) is 0 Å². The normalized spacial score (nSPS) is 17.6. The number of hydrogen-bond acceptors (Lipinski definition) is 8. The van der Waals surface area contributed by atoms with Crippen molar-refractivity contribution in [2.45, 2.75) is 56.7 Å². The molecule has 220 valence electrons. The van der Waals surface area contributed by atoms with E-state index in [2.05, 4.69) is 34.4 Å². The summed E-state index contributed by atoms with van der Waals surface area (Å²) in [7, 11) is -3.90. The molecule has 0 saturated heterocycles. The molecule has 13 heteroatoms. The molecule has 2 aromatic carbocycles. The van der Waals surface area contributed by atoms with Crippen molar-refractivity contribution >= 4 is 32.7 Å². The lowest BCUT2D eigenvalue weighted by Crippen LogP contribution is -2.21. The van der Waals surface area contributed by atoms with Gasteiger partial charge >= 0.3 is 6.36 Å². The van der Waals surface area contributed by atoms with Crippen molar-refractivity contribution in [3.05, 3.63) is 48.5 Å². The van der Waals surface area contributed by atoms with E-state index in [0.29, 0.717) is 0 Å². The molecule has 0 spiro atoms. The molecule has 1 heterocycles. The monoisotopic (exact) mass is 582 g/mol. The van der Waals surface area contributed by atoms with E-state index in [1.165, 1.54) is 25.7 Å². The number of para-hydroxylation sites is 1. The van der Waals surface area contributed by atoms with Gasteiger partial charge in [-0.3, -0.25) is 0 Å². The Morgan fingerprint density at radius 2 is 1.65 bits per heavy atom. The first-order valence-electron chi connectivity index (χ1n) is 13.3. The lowest BCUT2D eigenvalue weighted by atomic mass is 9.83. The summed E-state index contributed by atoms with van der Waals surface area (Å²) in [4.78, 5) is 9.15. The van der Waals surface area contributed by atoms with Crippen LogP contribution in [0.15, 0.2) is 53.4 Å². The van der Waals surface area contributed by atoms with E-state index < -0.39 is 22.1 Å². The summed E-state index contributed by atoms with van der Waals surface area (Å²) in [5.74, 6) is 2.78. The molecule has 1 aliphatic carbocycles. The van der Waals surface area contributed by atoms with Crippen LogP contribution in [0, 0.1) is 11.8 Å². The number of nitrogens with two attached hydrogens (primary N) is 2. The van der Waals surface area contributed by atoms with Crippen molar-refractivity contribution in [1.29, 1.82) is 0 Å². The number of alkyl halides is 3. The van der Waals surface area contributed by atoms with Gasteiger partial charge in [0.05, 0.1) is 10.4 Å². The molecule has 3 aromatic rings. The third-order valence-corrected chi connectivity index (χ3v) is 7.53. The number of primary sulfonamides is 1. The highest BCUT2D eigenvalue weighted by atomic mass is 32.2. The number of hydrogen-bond donors (Lipinski definition) is 4. The zero-order valence-electron chi connectivity index (χ0n) is 22.5. The number of rotatable bonds is 10. The van der Waals surface area contributed by atoms with Gasteiger partial charge < -0.3 is 21.1 Å². The summed E-state index contributed by atoms with van der Waals surface area (Å²) >= 11 is 0. The highest BCUT2D eigenvalue weighted by Crippen LogP contribution is 2.29. The summed E-state index contributed by atoms with van der Waals surface area (Å²) in [5.41, 5.74) is 6.56. The van der Waals surface area contributed by atoms with E-state index in [1.54, 1.807) is 0 Å². The maximum Gasteiger partial charge on any atom is 0.573 e. The number of fused-ring (bicyclic) bond motifs is 1. The number of anilines is 2. The number of nitrogens with one attached hydrogen (secondary N) is 2. The van der Waals surface area contributed by atoms with Crippen molar-refractivity contribution in [3.8, 4) is 5.75 Å². The van der Waals surface area contributed by atoms with Crippen LogP contribution in [0.4, 0.5) is 24.9 Å². The van der Waals surface area contributed by atoms with Crippen LogP contribution in [0.1, 0.15) is 45.4 Å². The van der Waals surface area contributed by atoms with Crippen molar-refractivity contribution in [2.24, 2.45) is 22.7 Å². The van der Waals surface area contributed by atoms with Crippen LogP contribution in [0.2, 0.25) is 0 Å². The number of sulfonamides is 1. The molecule has 0 amide bonds. The summed E-state index contributed by atoms with van der Waals surface area (Å²) in [6.45, 7) is 4.95. The molecule has 4 rings (SSSR count). The number of benzene rings is 2. The predicted octanol–water partition coefficient (Wildman–Crippen LogP) is 5.25. The lowest BCUT2D eigenvalue weighted by Gasteiger charge is -2.26. The topological polar surface area (TPSA) is 145 Å². The van der Waals surface area contributed by atoms with Gasteiger partial charge in [0, 0.05) is 18.5 Å². The molecule has 0 atom stereocenters. The third-order valence-electron chi connectivity index (χ3n) is 6.60. The SMILES string of the molecule is CC1CCC(CNc2nc(NCCCCN)c3ccccc3n2)CC1.NS(=O)(=O)c1ccc(OC(F)(F)F)cc1. The first kappa shape index (κ1) is 31.4. The summed E-state index contributed by atoms with van der Waals surface area (Å²) < 4.78 is 60.2. The fraction of sp³-hybridized carbons (Fsp3) is 0.481. The molecule has 0 unspecified atom stereocenters. The van der Waals surface area contributed by atoms with Crippen molar-refractivity contribution in [1.82, 2.24) is 9.97 Å². The molecule has 0 aliphatic heterocycles. The average molecular weight is 583 g/mol. The smallest absolute Gasteiger partial charge is 0.406 e. The first-order valence-corrected chi connectivity index (χ1v) is 14.8. The molecular weight excluding hydrogens is 545 g/mol. The lowest BCUT2D eigenvalue weighted by molar-refractivity contribution is -0.274. The van der Waals surface area contributed by atoms with Crippen molar-refractivity contribution in [2.75, 3.05) is 30.3 Å². The van der Waals surface area contributed by atoms with Crippen LogP contribution < -0.4 is 26.2 Å². The van der Waals surface area contributed by atoms with Crippen LogP contribution in [-0.2, 0) is 10.0 Å². The molecular formula is C27H37F3N6O3S. The van der Waals surface area contributed by atoms with Gasteiger partial charge in [0.2, 0.25) is 16.0 Å². The Bertz CT molecular complexity index is 1320. The van der Waals surface area contributed by atoms with Crippen molar-refractivity contribution < 1.29 is 26.3 Å². The van der Waals surface area contributed by atoms with Gasteiger partial charge in [0.1, 0.15) is 11.6 Å². The van der Waals surface area contributed by atoms with Crippen LogP contribution in [0.5, 0.6) is 5.75 Å². The minimum atomic E-state index is -4.80. The van der Waals surface area contributed by atoms with Crippen LogP contribution in [-0.4, -0.2) is 44.4 Å². The predicted molar refractivity (Wildman–Crippen MR) is 150 cm³/mol. The fourth-order valence-electron chi connectivity index (χ4n) is 4.37. The Hall–Kier alpha value is -3.16. The Morgan fingerprint density at radius 1 is 0.975 bits per heavy atom. The fourth-order valence-corrected chi connectivity index (χ4v) is 4.88. The molecule has 6 N–H and O–H groups in total. The number of nitrogens with zero attached hydrogens (tertiary/aromatic N) is 2. The first-order chi connectivity index (χ1) is 18.9. The van der Waals surface area contributed by atoms with E-state index in [9.17, 15) is 21.6 Å². The molecule has 0 radical (unpaired) electrons. The second kappa shape index (κ2) is 14.5. The molecule has 1 fully saturated rings. The second-order valence-corrected chi connectivity index (χ2v) is 11.5. The van der Waals surface area contributed by atoms with Gasteiger partial charge in [-0.25, -0.2) is 18.5 Å². The zero-order chi connectivity index (χ0) is 29.2. The number of halogens is 3. The Morgan fingerprint density at radius 3 is 2.27 bits per heavy atom. The molecule has 1 aromatic heterocycles. The van der Waals surface area contributed by atoms with Gasteiger partial charge in [-0.15, -0.1) is 13.2 Å². The van der Waals surface area contributed by atoms with Gasteiger partial charge in [0.15, 0.2) is 0 Å². The van der Waals surface area contributed by atoms with Gasteiger partial charge in [-0.05, 0) is 80.5 Å².